The molecule has 2 aromatic rings. The average molecular weight is 378 g/mol. The Kier molecular flexibility index (Phi) is 6.94. The molecule has 5 nitrogen and oxygen atoms in total. The molecule has 146 valence electrons. The Labute approximate surface area is 166 Å². The number of carbonyl (C=O) groups excluding carboxylic acids is 2. The molecule has 0 spiro atoms. The van der Waals surface area contributed by atoms with E-state index in [2.05, 4.69) is 11.4 Å². The molecule has 2 atom stereocenters. The lowest BCUT2D eigenvalue weighted by molar-refractivity contribution is -0.156. The van der Waals surface area contributed by atoms with Gasteiger partial charge in [-0.15, -0.1) is 0 Å². The van der Waals surface area contributed by atoms with Crippen LogP contribution in [0.3, 0.4) is 0 Å². The molecule has 0 saturated carbocycles. The topological polar surface area (TPSA) is 79.2 Å². The van der Waals surface area contributed by atoms with Gasteiger partial charge in [0.05, 0.1) is 6.07 Å². The second-order valence-electron chi connectivity index (χ2n) is 7.29. The first-order valence-corrected chi connectivity index (χ1v) is 9.32. The molecule has 0 aliphatic heterocycles. The quantitative estimate of drug-likeness (QED) is 0.743. The predicted octanol–water partition coefficient (Wildman–Crippen LogP) is 3.80. The molecule has 1 amide bonds. The lowest BCUT2D eigenvalue weighted by Gasteiger charge is -2.29. The van der Waals surface area contributed by atoms with E-state index in [-0.39, 0.29) is 5.92 Å². The van der Waals surface area contributed by atoms with E-state index in [9.17, 15) is 14.9 Å². The van der Waals surface area contributed by atoms with Gasteiger partial charge in [-0.2, -0.15) is 5.26 Å². The van der Waals surface area contributed by atoms with Gasteiger partial charge in [0.2, 0.25) is 0 Å². The van der Waals surface area contributed by atoms with Crippen LogP contribution >= 0.6 is 0 Å². The second-order valence-corrected chi connectivity index (χ2v) is 7.29. The fourth-order valence-corrected chi connectivity index (χ4v) is 2.71. The van der Waals surface area contributed by atoms with Crippen LogP contribution in [0.15, 0.2) is 60.7 Å². The van der Waals surface area contributed by atoms with Gasteiger partial charge in [0.15, 0.2) is 6.10 Å². The summed E-state index contributed by atoms with van der Waals surface area (Å²) in [6.45, 7) is 6.86. The predicted molar refractivity (Wildman–Crippen MR) is 107 cm³/mol. The Bertz CT molecular complexity index is 804. The third-order valence-corrected chi connectivity index (χ3v) is 4.93. The molecule has 0 radical (unpaired) electrons. The van der Waals surface area contributed by atoms with Crippen molar-refractivity contribution in [3.8, 4) is 6.07 Å². The minimum atomic E-state index is -1.03. The van der Waals surface area contributed by atoms with Crippen molar-refractivity contribution in [2.24, 2.45) is 5.92 Å². The van der Waals surface area contributed by atoms with Crippen LogP contribution in [0.5, 0.6) is 0 Å². The van der Waals surface area contributed by atoms with E-state index in [4.69, 9.17) is 4.74 Å². The van der Waals surface area contributed by atoms with Crippen molar-refractivity contribution in [3.63, 3.8) is 0 Å². The largest absolute Gasteiger partial charge is 0.452 e. The number of nitriles is 1. The first-order chi connectivity index (χ1) is 13.3. The van der Waals surface area contributed by atoms with Crippen LogP contribution in [0.2, 0.25) is 0 Å². The van der Waals surface area contributed by atoms with Crippen molar-refractivity contribution in [1.29, 1.82) is 5.26 Å². The number of hydrogen-bond donors (Lipinski definition) is 1. The van der Waals surface area contributed by atoms with Crippen molar-refractivity contribution in [1.82, 2.24) is 5.32 Å². The van der Waals surface area contributed by atoms with Gasteiger partial charge >= 0.3 is 5.97 Å². The first-order valence-electron chi connectivity index (χ1n) is 9.32. The number of esters is 1. The van der Waals surface area contributed by atoms with Gasteiger partial charge in [0.1, 0.15) is 11.5 Å². The molecule has 0 heterocycles. The minimum Gasteiger partial charge on any atom is -0.452 e. The second kappa shape index (κ2) is 9.18. The standard InChI is InChI=1S/C23H26N2O3/c1-16(2)23(4,15-24)25-21(26)17(3)28-22(27)20(18-11-7-5-8-12-18)19-13-9-6-10-14-19/h5-14,16-17,20H,1-4H3,(H,25,26)/t17-,23+/m0/s1. The van der Waals surface area contributed by atoms with Gasteiger partial charge in [0.25, 0.3) is 5.91 Å². The number of nitrogens with zero attached hydrogens (tertiary/aromatic N) is 1. The van der Waals surface area contributed by atoms with Crippen LogP contribution < -0.4 is 5.32 Å². The summed E-state index contributed by atoms with van der Waals surface area (Å²) in [5.74, 6) is -1.73. The molecule has 0 aromatic heterocycles. The van der Waals surface area contributed by atoms with Gasteiger partial charge in [-0.05, 0) is 30.9 Å². The molecule has 0 bridgehead atoms. The van der Waals surface area contributed by atoms with E-state index in [0.29, 0.717) is 0 Å². The Morgan fingerprint density at radius 3 is 1.82 bits per heavy atom. The van der Waals surface area contributed by atoms with Gasteiger partial charge in [-0.3, -0.25) is 9.59 Å². The third kappa shape index (κ3) is 4.98. The molecule has 1 N–H and O–H groups in total. The maximum atomic E-state index is 13.0. The smallest absolute Gasteiger partial charge is 0.318 e. The Hall–Kier alpha value is -3.13. The summed E-state index contributed by atoms with van der Waals surface area (Å²) in [7, 11) is 0. The van der Waals surface area contributed by atoms with Gasteiger partial charge < -0.3 is 10.1 Å². The molecule has 0 aliphatic carbocycles. The zero-order valence-corrected chi connectivity index (χ0v) is 16.7. The monoisotopic (exact) mass is 378 g/mol. The lowest BCUT2D eigenvalue weighted by atomic mass is 9.90. The Balaban J connectivity index is 2.20. The van der Waals surface area contributed by atoms with Crippen LogP contribution in [0, 0.1) is 17.2 Å². The van der Waals surface area contributed by atoms with Crippen LogP contribution in [0.1, 0.15) is 44.7 Å². The van der Waals surface area contributed by atoms with E-state index >= 15 is 0 Å². The van der Waals surface area contributed by atoms with Crippen LogP contribution in [0.25, 0.3) is 0 Å². The third-order valence-electron chi connectivity index (χ3n) is 4.93. The van der Waals surface area contributed by atoms with Gasteiger partial charge in [-0.25, -0.2) is 0 Å². The first kappa shape index (κ1) is 21.2. The average Bonchev–Trinajstić information content (AvgIpc) is 2.69. The SMILES string of the molecule is CC(C)[C@@](C)(C#N)NC(=O)[C@H](C)OC(=O)C(c1ccccc1)c1ccccc1. The van der Waals surface area contributed by atoms with E-state index in [1.807, 2.05) is 74.5 Å². The highest BCUT2D eigenvalue weighted by atomic mass is 16.5. The number of nitrogens with one attached hydrogen (secondary N) is 1. The number of benzene rings is 2. The van der Waals surface area contributed by atoms with E-state index in [1.165, 1.54) is 6.92 Å². The zero-order valence-electron chi connectivity index (χ0n) is 16.7. The van der Waals surface area contributed by atoms with Crippen molar-refractivity contribution >= 4 is 11.9 Å². The minimum absolute atomic E-state index is 0.0919. The number of amides is 1. The molecular weight excluding hydrogens is 352 g/mol. The van der Waals surface area contributed by atoms with Crippen molar-refractivity contribution in [2.75, 3.05) is 0 Å². The molecule has 5 heteroatoms. The summed E-state index contributed by atoms with van der Waals surface area (Å²) < 4.78 is 5.49. The van der Waals surface area contributed by atoms with Crippen LogP contribution in [0.4, 0.5) is 0 Å². The number of ether oxygens (including phenoxy) is 1. The number of carbonyl (C=O) groups is 2. The lowest BCUT2D eigenvalue weighted by Crippen LogP contribution is -2.52. The summed E-state index contributed by atoms with van der Waals surface area (Å²) in [5.41, 5.74) is 0.543. The maximum Gasteiger partial charge on any atom is 0.318 e. The highest BCUT2D eigenvalue weighted by Gasteiger charge is 2.34. The van der Waals surface area contributed by atoms with Crippen molar-refractivity contribution in [3.05, 3.63) is 71.8 Å². The summed E-state index contributed by atoms with van der Waals surface area (Å²) in [6, 6.07) is 20.7. The molecule has 2 rings (SSSR count). The molecule has 0 aliphatic rings. The molecule has 0 unspecified atom stereocenters. The molecular formula is C23H26N2O3. The summed E-state index contributed by atoms with van der Waals surface area (Å²) in [4.78, 5) is 25.5. The van der Waals surface area contributed by atoms with Crippen molar-refractivity contribution in [2.45, 2.75) is 45.3 Å². The fourth-order valence-electron chi connectivity index (χ4n) is 2.71. The molecule has 0 fully saturated rings. The summed E-state index contributed by atoms with van der Waals surface area (Å²) in [6.07, 6.45) is -1.02. The molecule has 28 heavy (non-hydrogen) atoms. The molecule has 2 aromatic carbocycles. The summed E-state index contributed by atoms with van der Waals surface area (Å²) >= 11 is 0. The van der Waals surface area contributed by atoms with Gasteiger partial charge in [0, 0.05) is 0 Å². The van der Waals surface area contributed by atoms with Crippen molar-refractivity contribution < 1.29 is 14.3 Å². The van der Waals surface area contributed by atoms with E-state index in [0.717, 1.165) is 11.1 Å². The van der Waals surface area contributed by atoms with Gasteiger partial charge in [-0.1, -0.05) is 74.5 Å². The maximum absolute atomic E-state index is 13.0. The number of hydrogen-bond acceptors (Lipinski definition) is 4. The van der Waals surface area contributed by atoms with E-state index in [1.54, 1.807) is 6.92 Å². The Morgan fingerprint density at radius 1 is 0.964 bits per heavy atom. The summed E-state index contributed by atoms with van der Waals surface area (Å²) in [5, 5.41) is 12.1. The fraction of sp³-hybridized carbons (Fsp3) is 0.348. The highest BCUT2D eigenvalue weighted by molar-refractivity contribution is 5.87. The Morgan fingerprint density at radius 2 is 1.43 bits per heavy atom. The zero-order chi connectivity index (χ0) is 20.7. The van der Waals surface area contributed by atoms with E-state index < -0.39 is 29.4 Å². The molecule has 0 saturated heterocycles. The number of rotatable bonds is 7. The highest BCUT2D eigenvalue weighted by Crippen LogP contribution is 2.26. The van der Waals surface area contributed by atoms with Crippen LogP contribution in [-0.2, 0) is 14.3 Å². The van der Waals surface area contributed by atoms with Crippen LogP contribution in [-0.4, -0.2) is 23.5 Å². The normalized spacial score (nSPS) is 14.0.